The molecule has 1 aromatic carbocycles. The highest BCUT2D eigenvalue weighted by molar-refractivity contribution is 6.33. The van der Waals surface area contributed by atoms with E-state index >= 15 is 0 Å². The van der Waals surface area contributed by atoms with Gasteiger partial charge in [-0.15, -0.1) is 0 Å². The summed E-state index contributed by atoms with van der Waals surface area (Å²) in [6, 6.07) is 3.56. The molecular weight excluding hydrogens is 389 g/mol. The largest absolute Gasteiger partial charge is 0.449 e. The number of carbonyl (C=O) groups excluding carboxylic acids is 2. The summed E-state index contributed by atoms with van der Waals surface area (Å²) in [7, 11) is 0. The molecule has 9 heteroatoms. The summed E-state index contributed by atoms with van der Waals surface area (Å²) in [6.07, 6.45) is -5.84. The quantitative estimate of drug-likeness (QED) is 0.310. The van der Waals surface area contributed by atoms with Gasteiger partial charge in [-0.25, -0.2) is 4.79 Å². The average molecular weight is 411 g/mol. The maximum atomic E-state index is 13.1. The van der Waals surface area contributed by atoms with Crippen molar-refractivity contribution in [1.82, 2.24) is 0 Å². The fraction of sp³-hybridized carbons (Fsp3) is 0.556. The van der Waals surface area contributed by atoms with Gasteiger partial charge in [-0.05, 0) is 38.3 Å². The summed E-state index contributed by atoms with van der Waals surface area (Å²) < 4.78 is 54.0. The Labute approximate surface area is 160 Å². The molecule has 0 fully saturated rings. The van der Waals surface area contributed by atoms with Crippen LogP contribution >= 0.6 is 11.6 Å². The van der Waals surface area contributed by atoms with E-state index in [1.165, 1.54) is 13.0 Å². The van der Waals surface area contributed by atoms with Crippen LogP contribution < -0.4 is 4.74 Å². The molecule has 1 unspecified atom stereocenters. The second kappa shape index (κ2) is 11.1. The van der Waals surface area contributed by atoms with Crippen LogP contribution in [0.5, 0.6) is 5.75 Å². The Balaban J connectivity index is 2.69. The third kappa shape index (κ3) is 8.62. The van der Waals surface area contributed by atoms with Crippen LogP contribution in [-0.2, 0) is 14.3 Å². The van der Waals surface area contributed by atoms with Gasteiger partial charge in [0.05, 0.1) is 10.6 Å². The van der Waals surface area contributed by atoms with Crippen LogP contribution in [0.3, 0.4) is 0 Å². The van der Waals surface area contributed by atoms with Crippen molar-refractivity contribution >= 4 is 23.5 Å². The zero-order valence-electron chi connectivity index (χ0n) is 15.1. The highest BCUT2D eigenvalue weighted by Crippen LogP contribution is 2.30. The SMILES string of the molecule is CCOCCCCCC(OC(=O)c1ccc(OC(C)=O)cc1Cl)C(F)(F)F. The summed E-state index contributed by atoms with van der Waals surface area (Å²) in [5.74, 6) is -1.71. The zero-order chi connectivity index (χ0) is 20.4. The molecule has 5 nitrogen and oxygen atoms in total. The Kier molecular flexibility index (Phi) is 9.59. The van der Waals surface area contributed by atoms with Crippen molar-refractivity contribution in [3.05, 3.63) is 28.8 Å². The van der Waals surface area contributed by atoms with Crippen LogP contribution in [-0.4, -0.2) is 37.4 Å². The highest BCUT2D eigenvalue weighted by Gasteiger charge is 2.42. The molecular formula is C18H22ClF3O5. The molecule has 1 atom stereocenters. The smallest absolute Gasteiger partial charge is 0.425 e. The number of unbranched alkanes of at least 4 members (excludes halogenated alkanes) is 2. The molecule has 0 radical (unpaired) electrons. The van der Waals surface area contributed by atoms with Crippen molar-refractivity contribution < 1.29 is 37.0 Å². The van der Waals surface area contributed by atoms with Crippen molar-refractivity contribution in [2.45, 2.75) is 51.8 Å². The second-order valence-corrected chi connectivity index (χ2v) is 6.12. The van der Waals surface area contributed by atoms with E-state index in [1.807, 2.05) is 6.92 Å². The summed E-state index contributed by atoms with van der Waals surface area (Å²) >= 11 is 5.89. The van der Waals surface area contributed by atoms with Gasteiger partial charge < -0.3 is 14.2 Å². The lowest BCUT2D eigenvalue weighted by molar-refractivity contribution is -0.206. The van der Waals surface area contributed by atoms with Crippen molar-refractivity contribution in [1.29, 1.82) is 0 Å². The van der Waals surface area contributed by atoms with E-state index in [4.69, 9.17) is 21.1 Å². The van der Waals surface area contributed by atoms with Gasteiger partial charge in [-0.1, -0.05) is 18.0 Å². The van der Waals surface area contributed by atoms with Crippen molar-refractivity contribution in [3.63, 3.8) is 0 Å². The molecule has 1 aromatic rings. The third-order valence-corrected chi connectivity index (χ3v) is 3.81. The van der Waals surface area contributed by atoms with Gasteiger partial charge in [0.15, 0.2) is 6.10 Å². The maximum Gasteiger partial charge on any atom is 0.425 e. The Morgan fingerprint density at radius 3 is 2.44 bits per heavy atom. The van der Waals surface area contributed by atoms with Gasteiger partial charge in [0, 0.05) is 26.2 Å². The summed E-state index contributed by atoms with van der Waals surface area (Å²) in [5.41, 5.74) is -0.238. The first-order valence-corrected chi connectivity index (χ1v) is 8.86. The van der Waals surface area contributed by atoms with E-state index in [2.05, 4.69) is 4.74 Å². The lowest BCUT2D eigenvalue weighted by Crippen LogP contribution is -2.34. The minimum atomic E-state index is -4.68. The molecule has 0 bridgehead atoms. The molecule has 0 N–H and O–H groups in total. The van der Waals surface area contributed by atoms with Crippen LogP contribution in [0.1, 0.15) is 49.9 Å². The first-order valence-electron chi connectivity index (χ1n) is 8.48. The number of carbonyl (C=O) groups is 2. The van der Waals surface area contributed by atoms with Gasteiger partial charge in [0.1, 0.15) is 5.75 Å². The average Bonchev–Trinajstić information content (AvgIpc) is 2.55. The molecule has 152 valence electrons. The normalized spacial score (nSPS) is 12.5. The third-order valence-electron chi connectivity index (χ3n) is 3.50. The van der Waals surface area contributed by atoms with E-state index in [1.54, 1.807) is 0 Å². The molecule has 0 saturated carbocycles. The lowest BCUT2D eigenvalue weighted by Gasteiger charge is -2.21. The number of rotatable bonds is 10. The zero-order valence-corrected chi connectivity index (χ0v) is 15.9. The predicted molar refractivity (Wildman–Crippen MR) is 93.0 cm³/mol. The monoisotopic (exact) mass is 410 g/mol. The first-order chi connectivity index (χ1) is 12.6. The number of esters is 2. The van der Waals surface area contributed by atoms with Crippen LogP contribution in [0, 0.1) is 0 Å². The Bertz CT molecular complexity index is 634. The van der Waals surface area contributed by atoms with Gasteiger partial charge in [-0.3, -0.25) is 4.79 Å². The Hall–Kier alpha value is -1.80. The molecule has 0 heterocycles. The minimum absolute atomic E-state index is 0.0747. The highest BCUT2D eigenvalue weighted by atomic mass is 35.5. The molecule has 1 rings (SSSR count). The Morgan fingerprint density at radius 2 is 1.89 bits per heavy atom. The van der Waals surface area contributed by atoms with E-state index in [9.17, 15) is 22.8 Å². The molecule has 0 amide bonds. The fourth-order valence-corrected chi connectivity index (χ4v) is 2.48. The molecule has 0 aliphatic carbocycles. The molecule has 0 aromatic heterocycles. The van der Waals surface area contributed by atoms with Gasteiger partial charge in [0.25, 0.3) is 0 Å². The van der Waals surface area contributed by atoms with Crippen LogP contribution in [0.15, 0.2) is 18.2 Å². The fourth-order valence-electron chi connectivity index (χ4n) is 2.23. The Morgan fingerprint density at radius 1 is 1.19 bits per heavy atom. The standard InChI is InChI=1S/C18H22ClF3O5/c1-3-25-10-6-4-5-7-16(18(20,21)22)27-17(24)14-9-8-13(11-15(14)19)26-12(2)23/h8-9,11,16H,3-7,10H2,1-2H3. The first kappa shape index (κ1) is 23.2. The van der Waals surface area contributed by atoms with Crippen molar-refractivity contribution in [3.8, 4) is 5.75 Å². The summed E-state index contributed by atoms with van der Waals surface area (Å²) in [5, 5.41) is -0.170. The molecule has 0 spiro atoms. The topological polar surface area (TPSA) is 61.8 Å². The van der Waals surface area contributed by atoms with E-state index < -0.39 is 24.2 Å². The van der Waals surface area contributed by atoms with Crippen molar-refractivity contribution in [2.75, 3.05) is 13.2 Å². The summed E-state index contributed by atoms with van der Waals surface area (Å²) in [4.78, 5) is 23.0. The van der Waals surface area contributed by atoms with E-state index in [0.29, 0.717) is 26.1 Å². The number of hydrogen-bond donors (Lipinski definition) is 0. The molecule has 0 aliphatic rings. The number of alkyl halides is 3. The van der Waals surface area contributed by atoms with Crippen LogP contribution in [0.2, 0.25) is 5.02 Å². The van der Waals surface area contributed by atoms with Gasteiger partial charge in [0.2, 0.25) is 0 Å². The lowest BCUT2D eigenvalue weighted by atomic mass is 10.1. The molecule has 0 aliphatic heterocycles. The number of halogens is 4. The number of benzene rings is 1. The van der Waals surface area contributed by atoms with Crippen molar-refractivity contribution in [2.24, 2.45) is 0 Å². The molecule has 27 heavy (non-hydrogen) atoms. The van der Waals surface area contributed by atoms with E-state index in [0.717, 1.165) is 12.1 Å². The van der Waals surface area contributed by atoms with Crippen LogP contribution in [0.25, 0.3) is 0 Å². The number of hydrogen-bond acceptors (Lipinski definition) is 5. The van der Waals surface area contributed by atoms with Crippen LogP contribution in [0.4, 0.5) is 13.2 Å². The second-order valence-electron chi connectivity index (χ2n) is 5.72. The number of ether oxygens (including phenoxy) is 3. The minimum Gasteiger partial charge on any atom is -0.449 e. The maximum absolute atomic E-state index is 13.1. The summed E-state index contributed by atoms with van der Waals surface area (Å²) in [6.45, 7) is 4.05. The predicted octanol–water partition coefficient (Wildman–Crippen LogP) is 4.95. The molecule has 0 saturated heterocycles. The van der Waals surface area contributed by atoms with Gasteiger partial charge >= 0.3 is 18.1 Å². The van der Waals surface area contributed by atoms with Gasteiger partial charge in [-0.2, -0.15) is 13.2 Å². The van der Waals surface area contributed by atoms with E-state index in [-0.39, 0.29) is 29.2 Å².